The van der Waals surface area contributed by atoms with Crippen molar-refractivity contribution < 1.29 is 9.47 Å². The predicted molar refractivity (Wildman–Crippen MR) is 98.8 cm³/mol. The lowest BCUT2D eigenvalue weighted by molar-refractivity contribution is -0.138. The van der Waals surface area contributed by atoms with Gasteiger partial charge in [-0.25, -0.2) is 0 Å². The molecule has 2 atom stereocenters. The van der Waals surface area contributed by atoms with Crippen molar-refractivity contribution >= 4 is 13.3 Å². The summed E-state index contributed by atoms with van der Waals surface area (Å²) < 4.78 is 11.8. The molecule has 3 rings (SSSR count). The van der Waals surface area contributed by atoms with Crippen LogP contribution in [0.3, 0.4) is 0 Å². The fourth-order valence-corrected chi connectivity index (χ4v) is 7.72. The van der Waals surface area contributed by atoms with Gasteiger partial charge in [0, 0.05) is 0 Å². The van der Waals surface area contributed by atoms with Crippen molar-refractivity contribution in [1.29, 1.82) is 0 Å². The molecular formula is C20H30O2Si. The summed E-state index contributed by atoms with van der Waals surface area (Å²) in [5.41, 5.74) is 2.36. The van der Waals surface area contributed by atoms with Gasteiger partial charge in [-0.05, 0) is 45.1 Å². The Hall–Kier alpha value is -0.903. The van der Waals surface area contributed by atoms with Gasteiger partial charge in [-0.2, -0.15) is 0 Å². The molecule has 1 aliphatic heterocycles. The fraction of sp³-hybridized carbons (Fsp3) is 0.600. The Morgan fingerprint density at radius 1 is 1.17 bits per heavy atom. The molecule has 0 saturated carbocycles. The standard InChI is InChI=1S/C20H30O2Si/c1-20(2)21-15-17(22-20)14-16-10-8-9-13-19(16)23(3,4)18-11-6-5-7-12-18/h5-7,10-12,17,19H,8-9,13-15H2,1-4H3/t17?,19-/m0/s1. The molecule has 1 heterocycles. The van der Waals surface area contributed by atoms with Gasteiger partial charge in [0.25, 0.3) is 0 Å². The van der Waals surface area contributed by atoms with Gasteiger partial charge in [0.2, 0.25) is 0 Å². The van der Waals surface area contributed by atoms with Crippen molar-refractivity contribution in [2.24, 2.45) is 0 Å². The highest BCUT2D eigenvalue weighted by molar-refractivity contribution is 6.91. The van der Waals surface area contributed by atoms with Crippen molar-refractivity contribution in [3.05, 3.63) is 42.0 Å². The van der Waals surface area contributed by atoms with Crippen molar-refractivity contribution in [3.63, 3.8) is 0 Å². The first-order valence-corrected chi connectivity index (χ1v) is 12.0. The number of rotatable bonds is 4. The second-order valence-corrected chi connectivity index (χ2v) is 12.7. The summed E-state index contributed by atoms with van der Waals surface area (Å²) >= 11 is 0. The minimum Gasteiger partial charge on any atom is -0.348 e. The van der Waals surface area contributed by atoms with E-state index in [1.165, 1.54) is 19.3 Å². The molecule has 0 amide bonds. The summed E-state index contributed by atoms with van der Waals surface area (Å²) in [5, 5.41) is 1.57. The first-order chi connectivity index (χ1) is 10.9. The third-order valence-corrected chi connectivity index (χ3v) is 9.69. The molecule has 1 saturated heterocycles. The molecule has 0 N–H and O–H groups in total. The van der Waals surface area contributed by atoms with E-state index in [9.17, 15) is 0 Å². The van der Waals surface area contributed by atoms with Crippen LogP contribution in [0.1, 0.15) is 39.5 Å². The molecule has 0 bridgehead atoms. The molecule has 1 unspecified atom stereocenters. The molecule has 126 valence electrons. The predicted octanol–water partition coefficient (Wildman–Crippen LogP) is 4.62. The lowest BCUT2D eigenvalue weighted by Gasteiger charge is -2.38. The molecule has 1 fully saturated rings. The van der Waals surface area contributed by atoms with Gasteiger partial charge in [0.1, 0.15) is 0 Å². The van der Waals surface area contributed by atoms with Gasteiger partial charge in [-0.3, -0.25) is 0 Å². The first kappa shape index (κ1) is 16.9. The number of allylic oxidation sites excluding steroid dienone is 1. The van der Waals surface area contributed by atoms with Gasteiger partial charge < -0.3 is 9.47 Å². The maximum Gasteiger partial charge on any atom is 0.163 e. The van der Waals surface area contributed by atoms with Crippen LogP contribution in [-0.2, 0) is 9.47 Å². The number of benzene rings is 1. The van der Waals surface area contributed by atoms with E-state index in [2.05, 4.69) is 49.5 Å². The Balaban J connectivity index is 1.78. The van der Waals surface area contributed by atoms with E-state index < -0.39 is 13.9 Å². The van der Waals surface area contributed by atoms with E-state index in [-0.39, 0.29) is 6.10 Å². The van der Waals surface area contributed by atoms with Crippen LogP contribution in [0, 0.1) is 0 Å². The third kappa shape index (κ3) is 3.78. The Morgan fingerprint density at radius 3 is 2.57 bits per heavy atom. The minimum absolute atomic E-state index is 0.220. The number of hydrogen-bond donors (Lipinski definition) is 0. The lowest BCUT2D eigenvalue weighted by atomic mass is 9.94. The van der Waals surface area contributed by atoms with Crippen LogP contribution >= 0.6 is 0 Å². The van der Waals surface area contributed by atoms with Gasteiger partial charge in [-0.15, -0.1) is 0 Å². The van der Waals surface area contributed by atoms with Crippen molar-refractivity contribution in [2.75, 3.05) is 6.61 Å². The lowest BCUT2D eigenvalue weighted by Crippen LogP contribution is -2.47. The van der Waals surface area contributed by atoms with Crippen LogP contribution in [0.25, 0.3) is 0 Å². The number of ether oxygens (including phenoxy) is 2. The van der Waals surface area contributed by atoms with Crippen molar-refractivity contribution in [3.8, 4) is 0 Å². The molecule has 23 heavy (non-hydrogen) atoms. The summed E-state index contributed by atoms with van der Waals surface area (Å²) in [5.74, 6) is -0.415. The first-order valence-electron chi connectivity index (χ1n) is 8.95. The molecule has 0 radical (unpaired) electrons. The average Bonchev–Trinajstić information content (AvgIpc) is 2.87. The molecule has 0 aromatic heterocycles. The number of hydrogen-bond acceptors (Lipinski definition) is 2. The Kier molecular flexibility index (Phi) is 4.82. The summed E-state index contributed by atoms with van der Waals surface area (Å²) in [4.78, 5) is 0. The topological polar surface area (TPSA) is 18.5 Å². The highest BCUT2D eigenvalue weighted by atomic mass is 28.3. The van der Waals surface area contributed by atoms with Crippen LogP contribution in [0.4, 0.5) is 0 Å². The van der Waals surface area contributed by atoms with Crippen LogP contribution in [-0.4, -0.2) is 26.6 Å². The van der Waals surface area contributed by atoms with E-state index in [4.69, 9.17) is 9.47 Å². The van der Waals surface area contributed by atoms with Crippen LogP contribution in [0.2, 0.25) is 18.6 Å². The second-order valence-electron chi connectivity index (χ2n) is 8.01. The highest BCUT2D eigenvalue weighted by Crippen LogP contribution is 2.41. The van der Waals surface area contributed by atoms with E-state index in [0.717, 1.165) is 18.6 Å². The zero-order valence-electron chi connectivity index (χ0n) is 15.0. The molecule has 0 spiro atoms. The van der Waals surface area contributed by atoms with Crippen LogP contribution in [0.15, 0.2) is 42.0 Å². The smallest absolute Gasteiger partial charge is 0.163 e. The van der Waals surface area contributed by atoms with E-state index in [0.29, 0.717) is 0 Å². The molecule has 1 aromatic carbocycles. The van der Waals surface area contributed by atoms with Gasteiger partial charge in [0.05, 0.1) is 20.8 Å². The monoisotopic (exact) mass is 330 g/mol. The zero-order chi connectivity index (χ0) is 16.5. The second kappa shape index (κ2) is 6.54. The molecular weight excluding hydrogens is 300 g/mol. The van der Waals surface area contributed by atoms with Crippen molar-refractivity contribution in [2.45, 2.75) is 70.1 Å². The third-order valence-electron chi connectivity index (χ3n) is 5.47. The Labute approximate surface area is 141 Å². The van der Waals surface area contributed by atoms with E-state index >= 15 is 0 Å². The molecule has 3 heteroatoms. The summed E-state index contributed by atoms with van der Waals surface area (Å²) in [6.45, 7) is 9.82. The highest BCUT2D eigenvalue weighted by Gasteiger charge is 2.39. The maximum absolute atomic E-state index is 6.07. The molecule has 2 aliphatic rings. The molecule has 1 aliphatic carbocycles. The summed E-state index contributed by atoms with van der Waals surface area (Å²) in [7, 11) is -1.51. The molecule has 2 nitrogen and oxygen atoms in total. The van der Waals surface area contributed by atoms with Gasteiger partial charge in [-0.1, -0.05) is 60.3 Å². The summed E-state index contributed by atoms with van der Waals surface area (Å²) in [6, 6.07) is 11.2. The largest absolute Gasteiger partial charge is 0.348 e. The normalized spacial score (nSPS) is 27.7. The maximum atomic E-state index is 6.07. The van der Waals surface area contributed by atoms with Crippen LogP contribution < -0.4 is 5.19 Å². The summed E-state index contributed by atoms with van der Waals surface area (Å²) in [6.07, 6.45) is 7.64. The minimum atomic E-state index is -1.51. The SMILES string of the molecule is CC1(C)OCC(CC2=CCCC[C@@H]2[Si](C)(C)c2ccccc2)O1. The molecule has 1 aromatic rings. The Bertz CT molecular complexity index is 562. The fourth-order valence-electron chi connectivity index (χ4n) is 4.18. The average molecular weight is 331 g/mol. The van der Waals surface area contributed by atoms with Crippen LogP contribution in [0.5, 0.6) is 0 Å². The van der Waals surface area contributed by atoms with Gasteiger partial charge >= 0.3 is 0 Å². The quantitative estimate of drug-likeness (QED) is 0.592. The van der Waals surface area contributed by atoms with E-state index in [1.807, 2.05) is 13.8 Å². The van der Waals surface area contributed by atoms with Gasteiger partial charge in [0.15, 0.2) is 5.79 Å². The zero-order valence-corrected chi connectivity index (χ0v) is 16.0. The van der Waals surface area contributed by atoms with E-state index in [1.54, 1.807) is 10.8 Å². The van der Waals surface area contributed by atoms with Crippen molar-refractivity contribution in [1.82, 2.24) is 0 Å². The Morgan fingerprint density at radius 2 is 1.91 bits per heavy atom.